The molecule has 2 heterocycles. The van der Waals surface area contributed by atoms with Gasteiger partial charge in [0.15, 0.2) is 0 Å². The Kier molecular flexibility index (Phi) is 3.17. The molecule has 1 aromatic carbocycles. The largest absolute Gasteiger partial charge is 0.348 e. The normalized spacial score (nSPS) is 18.7. The van der Waals surface area contributed by atoms with E-state index in [1.54, 1.807) is 0 Å². The van der Waals surface area contributed by atoms with E-state index in [1.165, 1.54) is 0 Å². The number of hydrogen-bond acceptors (Lipinski definition) is 3. The number of nitrogens with one attached hydrogen (secondary N) is 2. The molecule has 1 aliphatic heterocycles. The van der Waals surface area contributed by atoms with Crippen LogP contribution in [0.4, 0.5) is 0 Å². The predicted octanol–water partition coefficient (Wildman–Crippen LogP) is 1.63. The maximum absolute atomic E-state index is 12.4. The quantitative estimate of drug-likeness (QED) is 0.857. The lowest BCUT2D eigenvalue weighted by Crippen LogP contribution is -2.36. The molecule has 4 nitrogen and oxygen atoms in total. The number of fused-ring (bicyclic) bond motifs is 1. The second-order valence-corrected chi connectivity index (χ2v) is 4.99. The summed E-state index contributed by atoms with van der Waals surface area (Å²) >= 11 is 0. The van der Waals surface area contributed by atoms with Gasteiger partial charge >= 0.3 is 0 Å². The molecule has 1 saturated heterocycles. The number of aryl methyl sites for hydroxylation is 1. The molecule has 19 heavy (non-hydrogen) atoms. The molecule has 0 aliphatic carbocycles. The van der Waals surface area contributed by atoms with Gasteiger partial charge in [0.25, 0.3) is 5.91 Å². The zero-order chi connectivity index (χ0) is 13.2. The third kappa shape index (κ3) is 2.44. The second kappa shape index (κ2) is 4.97. The Balaban J connectivity index is 1.96. The van der Waals surface area contributed by atoms with Gasteiger partial charge in [-0.3, -0.25) is 9.78 Å². The Morgan fingerprint density at radius 3 is 3.05 bits per heavy atom. The van der Waals surface area contributed by atoms with Gasteiger partial charge in [-0.05, 0) is 32.0 Å². The van der Waals surface area contributed by atoms with Gasteiger partial charge in [-0.2, -0.15) is 0 Å². The second-order valence-electron chi connectivity index (χ2n) is 4.99. The molecule has 1 aromatic heterocycles. The van der Waals surface area contributed by atoms with Crippen molar-refractivity contribution in [2.75, 3.05) is 13.1 Å². The molecule has 0 saturated carbocycles. The summed E-state index contributed by atoms with van der Waals surface area (Å²) in [4.78, 5) is 16.9. The summed E-state index contributed by atoms with van der Waals surface area (Å²) < 4.78 is 0. The van der Waals surface area contributed by atoms with Crippen LogP contribution in [0.1, 0.15) is 22.5 Å². The van der Waals surface area contributed by atoms with Crippen LogP contribution in [0.3, 0.4) is 0 Å². The number of nitrogens with zero attached hydrogens (tertiary/aromatic N) is 1. The molecular formula is C15H17N3O. The Bertz CT molecular complexity index is 618. The predicted molar refractivity (Wildman–Crippen MR) is 75.2 cm³/mol. The number of hydrogen-bond donors (Lipinski definition) is 2. The smallest absolute Gasteiger partial charge is 0.252 e. The van der Waals surface area contributed by atoms with E-state index in [4.69, 9.17) is 0 Å². The summed E-state index contributed by atoms with van der Waals surface area (Å²) in [7, 11) is 0. The zero-order valence-corrected chi connectivity index (χ0v) is 10.9. The highest BCUT2D eigenvalue weighted by molar-refractivity contribution is 6.06. The van der Waals surface area contributed by atoms with Gasteiger partial charge < -0.3 is 10.6 Å². The van der Waals surface area contributed by atoms with Crippen LogP contribution in [0.5, 0.6) is 0 Å². The molecule has 98 valence electrons. The van der Waals surface area contributed by atoms with Gasteiger partial charge in [-0.1, -0.05) is 18.2 Å². The highest BCUT2D eigenvalue weighted by Gasteiger charge is 2.19. The SMILES string of the molecule is Cc1cc(C(=O)N[C@H]2CCNC2)c2ccccc2n1. The maximum atomic E-state index is 12.4. The molecule has 0 unspecified atom stereocenters. The summed E-state index contributed by atoms with van der Waals surface area (Å²) in [5.74, 6) is -0.00426. The van der Waals surface area contributed by atoms with E-state index >= 15 is 0 Å². The zero-order valence-electron chi connectivity index (χ0n) is 10.9. The van der Waals surface area contributed by atoms with Crippen molar-refractivity contribution in [2.45, 2.75) is 19.4 Å². The van der Waals surface area contributed by atoms with Crippen LogP contribution in [0.2, 0.25) is 0 Å². The summed E-state index contributed by atoms with van der Waals surface area (Å²) in [5, 5.41) is 7.25. The van der Waals surface area contributed by atoms with Crippen LogP contribution in [-0.4, -0.2) is 30.0 Å². The average Bonchev–Trinajstić information content (AvgIpc) is 2.90. The average molecular weight is 255 g/mol. The molecule has 4 heteroatoms. The first-order valence-electron chi connectivity index (χ1n) is 6.62. The molecule has 1 atom stereocenters. The van der Waals surface area contributed by atoms with Crippen molar-refractivity contribution in [3.05, 3.63) is 41.6 Å². The number of rotatable bonds is 2. The first-order chi connectivity index (χ1) is 9.24. The molecule has 0 spiro atoms. The topological polar surface area (TPSA) is 54.0 Å². The fourth-order valence-corrected chi connectivity index (χ4v) is 2.54. The van der Waals surface area contributed by atoms with Crippen LogP contribution in [-0.2, 0) is 0 Å². The van der Waals surface area contributed by atoms with Gasteiger partial charge in [0.2, 0.25) is 0 Å². The number of amides is 1. The van der Waals surface area contributed by atoms with E-state index in [2.05, 4.69) is 15.6 Å². The number of pyridine rings is 1. The molecule has 0 radical (unpaired) electrons. The number of aromatic nitrogens is 1. The fourth-order valence-electron chi connectivity index (χ4n) is 2.54. The van der Waals surface area contributed by atoms with E-state index in [0.717, 1.165) is 41.7 Å². The van der Waals surface area contributed by atoms with Crippen LogP contribution < -0.4 is 10.6 Å². The molecular weight excluding hydrogens is 238 g/mol. The van der Waals surface area contributed by atoms with E-state index in [9.17, 15) is 4.79 Å². The van der Waals surface area contributed by atoms with E-state index in [-0.39, 0.29) is 11.9 Å². The molecule has 1 amide bonds. The minimum Gasteiger partial charge on any atom is -0.348 e. The number of benzene rings is 1. The molecule has 3 rings (SSSR count). The molecule has 2 N–H and O–H groups in total. The van der Waals surface area contributed by atoms with Crippen LogP contribution in [0, 0.1) is 6.92 Å². The molecule has 1 fully saturated rings. The summed E-state index contributed by atoms with van der Waals surface area (Å²) in [6.07, 6.45) is 0.994. The van der Waals surface area contributed by atoms with Crippen molar-refractivity contribution in [1.29, 1.82) is 0 Å². The van der Waals surface area contributed by atoms with Crippen molar-refractivity contribution in [3.8, 4) is 0 Å². The van der Waals surface area contributed by atoms with Gasteiger partial charge in [-0.15, -0.1) is 0 Å². The third-order valence-electron chi connectivity index (χ3n) is 3.48. The lowest BCUT2D eigenvalue weighted by molar-refractivity contribution is 0.0941. The van der Waals surface area contributed by atoms with Crippen LogP contribution in [0.25, 0.3) is 10.9 Å². The Morgan fingerprint density at radius 1 is 1.42 bits per heavy atom. The van der Waals surface area contributed by atoms with Crippen molar-refractivity contribution in [3.63, 3.8) is 0 Å². The lowest BCUT2D eigenvalue weighted by atomic mass is 10.1. The van der Waals surface area contributed by atoms with E-state index < -0.39 is 0 Å². The summed E-state index contributed by atoms with van der Waals surface area (Å²) in [6, 6.07) is 9.87. The minimum atomic E-state index is -0.00426. The highest BCUT2D eigenvalue weighted by atomic mass is 16.1. The Morgan fingerprint density at radius 2 is 2.26 bits per heavy atom. The lowest BCUT2D eigenvalue weighted by Gasteiger charge is -2.13. The first kappa shape index (κ1) is 12.1. The standard InChI is InChI=1S/C15H17N3O/c1-10-8-13(12-4-2-3-5-14(12)17-10)15(19)18-11-6-7-16-9-11/h2-5,8,11,16H,6-7,9H2,1H3,(H,18,19)/t11-/m0/s1. The van der Waals surface area contributed by atoms with E-state index in [0.29, 0.717) is 0 Å². The Labute approximate surface area is 112 Å². The summed E-state index contributed by atoms with van der Waals surface area (Å²) in [5.41, 5.74) is 2.46. The van der Waals surface area contributed by atoms with Crippen molar-refractivity contribution < 1.29 is 4.79 Å². The molecule has 0 bridgehead atoms. The number of carbonyl (C=O) groups excluding carboxylic acids is 1. The first-order valence-corrected chi connectivity index (χ1v) is 6.62. The van der Waals surface area contributed by atoms with Crippen LogP contribution in [0.15, 0.2) is 30.3 Å². The molecule has 1 aliphatic rings. The van der Waals surface area contributed by atoms with Crippen molar-refractivity contribution in [1.82, 2.24) is 15.6 Å². The number of para-hydroxylation sites is 1. The van der Waals surface area contributed by atoms with Gasteiger partial charge in [0, 0.05) is 23.7 Å². The van der Waals surface area contributed by atoms with E-state index in [1.807, 2.05) is 37.3 Å². The third-order valence-corrected chi connectivity index (χ3v) is 3.48. The van der Waals surface area contributed by atoms with Crippen molar-refractivity contribution >= 4 is 16.8 Å². The monoisotopic (exact) mass is 255 g/mol. The highest BCUT2D eigenvalue weighted by Crippen LogP contribution is 2.18. The number of carbonyl (C=O) groups is 1. The minimum absolute atomic E-state index is 0.00426. The Hall–Kier alpha value is -1.94. The fraction of sp³-hybridized carbons (Fsp3) is 0.333. The van der Waals surface area contributed by atoms with Crippen LogP contribution >= 0.6 is 0 Å². The molecule has 2 aromatic rings. The van der Waals surface area contributed by atoms with Gasteiger partial charge in [0.05, 0.1) is 11.1 Å². The van der Waals surface area contributed by atoms with Gasteiger partial charge in [-0.25, -0.2) is 0 Å². The van der Waals surface area contributed by atoms with Gasteiger partial charge in [0.1, 0.15) is 0 Å². The maximum Gasteiger partial charge on any atom is 0.252 e. The summed E-state index contributed by atoms with van der Waals surface area (Å²) in [6.45, 7) is 3.75. The van der Waals surface area contributed by atoms with Crippen molar-refractivity contribution in [2.24, 2.45) is 0 Å².